The highest BCUT2D eigenvalue weighted by molar-refractivity contribution is 6.29. The molecule has 0 fully saturated rings. The van der Waals surface area contributed by atoms with Crippen LogP contribution in [0.25, 0.3) is 0 Å². The summed E-state index contributed by atoms with van der Waals surface area (Å²) in [6, 6.07) is 1.62. The van der Waals surface area contributed by atoms with Crippen molar-refractivity contribution in [1.29, 1.82) is 0 Å². The van der Waals surface area contributed by atoms with Crippen molar-refractivity contribution in [3.8, 4) is 5.88 Å². The van der Waals surface area contributed by atoms with Crippen LogP contribution in [0.5, 0.6) is 5.88 Å². The van der Waals surface area contributed by atoms with Crippen LogP contribution in [0.3, 0.4) is 0 Å². The topological polar surface area (TPSA) is 35.0 Å². The summed E-state index contributed by atoms with van der Waals surface area (Å²) in [5, 5.41) is 0.423. The van der Waals surface area contributed by atoms with Gasteiger partial charge in [-0.1, -0.05) is 30.7 Å². The van der Waals surface area contributed by atoms with Gasteiger partial charge in [-0.2, -0.15) is 4.98 Å². The van der Waals surface area contributed by atoms with Gasteiger partial charge in [0, 0.05) is 12.5 Å². The molecular weight excluding hydrogens is 200 g/mol. The summed E-state index contributed by atoms with van der Waals surface area (Å²) >= 11 is 5.79. The Hall–Kier alpha value is -1.09. The van der Waals surface area contributed by atoms with Crippen molar-refractivity contribution in [2.75, 3.05) is 6.61 Å². The first-order valence-electron chi connectivity index (χ1n) is 4.53. The molecule has 0 radical (unpaired) electrons. The minimum atomic E-state index is 0.423. The Morgan fingerprint density at radius 2 is 2.29 bits per heavy atom. The number of allylic oxidation sites excluding steroid dienone is 1. The fourth-order valence-corrected chi connectivity index (χ4v) is 1.09. The highest BCUT2D eigenvalue weighted by atomic mass is 35.5. The number of nitrogens with zero attached hydrogens (tertiary/aromatic N) is 2. The van der Waals surface area contributed by atoms with Crippen molar-refractivity contribution in [2.24, 2.45) is 0 Å². The molecule has 1 heterocycles. The lowest BCUT2D eigenvalue weighted by molar-refractivity contribution is 0.346. The van der Waals surface area contributed by atoms with Gasteiger partial charge in [0.05, 0.1) is 0 Å². The van der Waals surface area contributed by atoms with Gasteiger partial charge in [-0.05, 0) is 6.92 Å². The number of aromatic nitrogens is 2. The average Bonchev–Trinajstić information content (AvgIpc) is 2.17. The van der Waals surface area contributed by atoms with Crippen LogP contribution in [0.2, 0.25) is 5.15 Å². The van der Waals surface area contributed by atoms with E-state index in [0.717, 1.165) is 6.42 Å². The molecule has 4 heteroatoms. The van der Waals surface area contributed by atoms with E-state index >= 15 is 0 Å². The summed E-state index contributed by atoms with van der Waals surface area (Å²) in [6.07, 6.45) is 4.58. The van der Waals surface area contributed by atoms with Gasteiger partial charge in [0.2, 0.25) is 5.88 Å². The number of hydrogen-bond acceptors (Lipinski definition) is 3. The third kappa shape index (κ3) is 3.34. The highest BCUT2D eigenvalue weighted by Gasteiger charge is 2.01. The van der Waals surface area contributed by atoms with Crippen molar-refractivity contribution in [2.45, 2.75) is 20.3 Å². The Kier molecular flexibility index (Phi) is 4.40. The van der Waals surface area contributed by atoms with E-state index in [-0.39, 0.29) is 0 Å². The summed E-state index contributed by atoms with van der Waals surface area (Å²) in [5.74, 6) is 1.23. The fraction of sp³-hybridized carbons (Fsp3) is 0.400. The molecule has 1 aromatic rings. The first kappa shape index (κ1) is 11.0. The van der Waals surface area contributed by atoms with E-state index < -0.39 is 0 Å². The standard InChI is InChI=1S/C10H13ClN2O/c1-3-5-6-14-10-7-8(11)12-9(4-2)13-10/h3,5,7H,4,6H2,1-2H3/b5-3+. The first-order chi connectivity index (χ1) is 6.76. The Morgan fingerprint density at radius 1 is 1.50 bits per heavy atom. The molecule has 0 atom stereocenters. The van der Waals surface area contributed by atoms with E-state index in [4.69, 9.17) is 16.3 Å². The lowest BCUT2D eigenvalue weighted by atomic mass is 10.4. The van der Waals surface area contributed by atoms with E-state index in [1.165, 1.54) is 0 Å². The van der Waals surface area contributed by atoms with Crippen LogP contribution in [0.15, 0.2) is 18.2 Å². The number of rotatable bonds is 4. The summed E-state index contributed by atoms with van der Waals surface area (Å²) in [5.41, 5.74) is 0. The predicted molar refractivity (Wildman–Crippen MR) is 56.7 cm³/mol. The molecule has 1 rings (SSSR count). The summed E-state index contributed by atoms with van der Waals surface area (Å²) in [7, 11) is 0. The highest BCUT2D eigenvalue weighted by Crippen LogP contribution is 2.13. The van der Waals surface area contributed by atoms with Crippen molar-refractivity contribution >= 4 is 11.6 Å². The fourth-order valence-electron chi connectivity index (χ4n) is 0.904. The van der Waals surface area contributed by atoms with Crippen molar-refractivity contribution in [3.63, 3.8) is 0 Å². The molecule has 0 saturated carbocycles. The molecule has 0 aliphatic heterocycles. The van der Waals surface area contributed by atoms with E-state index in [1.54, 1.807) is 6.07 Å². The van der Waals surface area contributed by atoms with Crippen LogP contribution in [0, 0.1) is 0 Å². The molecule has 76 valence electrons. The third-order valence-corrected chi connectivity index (χ3v) is 1.79. The van der Waals surface area contributed by atoms with Gasteiger partial charge >= 0.3 is 0 Å². The maximum atomic E-state index is 5.79. The molecule has 0 amide bonds. The van der Waals surface area contributed by atoms with Gasteiger partial charge in [0.1, 0.15) is 17.6 Å². The molecule has 0 aliphatic carbocycles. The SMILES string of the molecule is C/C=C/COc1cc(Cl)nc(CC)n1. The van der Waals surface area contributed by atoms with Gasteiger partial charge in [0.15, 0.2) is 0 Å². The van der Waals surface area contributed by atoms with Crippen LogP contribution in [0.1, 0.15) is 19.7 Å². The van der Waals surface area contributed by atoms with Crippen molar-refractivity contribution in [3.05, 3.63) is 29.2 Å². The maximum Gasteiger partial charge on any atom is 0.218 e. The molecule has 0 aromatic carbocycles. The molecule has 0 N–H and O–H groups in total. The largest absolute Gasteiger partial charge is 0.473 e. The predicted octanol–water partition coefficient (Wildman–Crippen LogP) is 2.65. The summed E-state index contributed by atoms with van der Waals surface area (Å²) in [6.45, 7) is 4.42. The third-order valence-electron chi connectivity index (χ3n) is 1.60. The molecule has 3 nitrogen and oxygen atoms in total. The molecule has 1 aromatic heterocycles. The summed E-state index contributed by atoms with van der Waals surface area (Å²) < 4.78 is 5.35. The lowest BCUT2D eigenvalue weighted by Crippen LogP contribution is -2.00. The van der Waals surface area contributed by atoms with Crippen LogP contribution in [0.4, 0.5) is 0 Å². The Morgan fingerprint density at radius 3 is 2.93 bits per heavy atom. The number of ether oxygens (including phenoxy) is 1. The van der Waals surface area contributed by atoms with Gasteiger partial charge in [-0.25, -0.2) is 4.98 Å². The van der Waals surface area contributed by atoms with Crippen LogP contribution in [-0.2, 0) is 6.42 Å². The Labute approximate surface area is 88.8 Å². The van der Waals surface area contributed by atoms with E-state index in [9.17, 15) is 0 Å². The molecule has 14 heavy (non-hydrogen) atoms. The van der Waals surface area contributed by atoms with Crippen molar-refractivity contribution < 1.29 is 4.74 Å². The van der Waals surface area contributed by atoms with E-state index in [2.05, 4.69) is 9.97 Å². The Balaban J connectivity index is 2.71. The van der Waals surface area contributed by atoms with Gasteiger partial charge in [0.25, 0.3) is 0 Å². The first-order valence-corrected chi connectivity index (χ1v) is 4.91. The number of hydrogen-bond donors (Lipinski definition) is 0. The minimum absolute atomic E-state index is 0.423. The maximum absolute atomic E-state index is 5.79. The van der Waals surface area contributed by atoms with Crippen molar-refractivity contribution in [1.82, 2.24) is 9.97 Å². The Bertz CT molecular complexity index is 326. The van der Waals surface area contributed by atoms with Gasteiger partial charge < -0.3 is 4.74 Å². The van der Waals surface area contributed by atoms with Gasteiger partial charge in [-0.3, -0.25) is 0 Å². The molecule has 0 aliphatic rings. The van der Waals surface area contributed by atoms with E-state index in [0.29, 0.717) is 23.5 Å². The average molecular weight is 213 g/mol. The quantitative estimate of drug-likeness (QED) is 0.569. The molecule has 0 spiro atoms. The zero-order valence-corrected chi connectivity index (χ0v) is 9.08. The molecule has 0 bridgehead atoms. The zero-order chi connectivity index (χ0) is 10.4. The summed E-state index contributed by atoms with van der Waals surface area (Å²) in [4.78, 5) is 8.21. The molecule has 0 saturated heterocycles. The van der Waals surface area contributed by atoms with Crippen LogP contribution in [-0.4, -0.2) is 16.6 Å². The monoisotopic (exact) mass is 212 g/mol. The van der Waals surface area contributed by atoms with E-state index in [1.807, 2.05) is 26.0 Å². The van der Waals surface area contributed by atoms with Crippen LogP contribution < -0.4 is 4.74 Å². The number of halogens is 1. The zero-order valence-electron chi connectivity index (χ0n) is 8.33. The molecule has 0 unspecified atom stereocenters. The lowest BCUT2D eigenvalue weighted by Gasteiger charge is -2.03. The normalized spacial score (nSPS) is 10.8. The second-order valence-electron chi connectivity index (χ2n) is 2.68. The number of aryl methyl sites for hydroxylation is 1. The smallest absolute Gasteiger partial charge is 0.218 e. The minimum Gasteiger partial charge on any atom is -0.473 e. The molecular formula is C10H13ClN2O. The van der Waals surface area contributed by atoms with Gasteiger partial charge in [-0.15, -0.1) is 0 Å². The second-order valence-corrected chi connectivity index (χ2v) is 3.07. The second kappa shape index (κ2) is 5.60. The van der Waals surface area contributed by atoms with Crippen LogP contribution >= 0.6 is 11.6 Å².